The van der Waals surface area contributed by atoms with E-state index in [1.165, 1.54) is 0 Å². The largest absolute Gasteiger partial charge is 0.385 e. The normalized spacial score (nSPS) is 18.3. The van der Waals surface area contributed by atoms with Gasteiger partial charge in [0.15, 0.2) is 0 Å². The minimum absolute atomic E-state index is 0.254. The van der Waals surface area contributed by atoms with Crippen molar-refractivity contribution < 1.29 is 9.90 Å². The molecule has 0 aromatic heterocycles. The van der Waals surface area contributed by atoms with Gasteiger partial charge in [-0.1, -0.05) is 37.7 Å². The van der Waals surface area contributed by atoms with Crippen LogP contribution in [0.2, 0.25) is 19.6 Å². The molecule has 1 saturated carbocycles. The number of rotatable bonds is 1. The van der Waals surface area contributed by atoms with Crippen molar-refractivity contribution in [1.82, 2.24) is 0 Å². The summed E-state index contributed by atoms with van der Waals surface area (Å²) in [6.45, 7) is 6.64. The Morgan fingerprint density at radius 1 is 1.20 bits per heavy atom. The molecule has 0 unspecified atom stereocenters. The van der Waals surface area contributed by atoms with Crippen molar-refractivity contribution in [3.63, 3.8) is 0 Å². The molecule has 1 aromatic carbocycles. The molecule has 106 valence electrons. The van der Waals surface area contributed by atoms with Crippen LogP contribution in [0, 0.1) is 11.5 Å². The predicted octanol–water partition coefficient (Wildman–Crippen LogP) is 3.25. The summed E-state index contributed by atoms with van der Waals surface area (Å²) < 4.78 is 0. The Kier molecular flexibility index (Phi) is 4.17. The van der Waals surface area contributed by atoms with Gasteiger partial charge in [-0.25, -0.2) is 0 Å². The first-order valence-electron chi connectivity index (χ1n) is 7.16. The molecule has 2 rings (SSSR count). The van der Waals surface area contributed by atoms with Crippen molar-refractivity contribution in [2.24, 2.45) is 0 Å². The second-order valence-electron chi connectivity index (χ2n) is 6.65. The molecule has 3 heteroatoms. The zero-order valence-corrected chi connectivity index (χ0v) is 13.5. The van der Waals surface area contributed by atoms with Crippen LogP contribution in [0.1, 0.15) is 36.8 Å². The Hall–Kier alpha value is -1.37. The summed E-state index contributed by atoms with van der Waals surface area (Å²) in [5, 5.41) is 10.7. The number of carbonyl (C=O) groups excluding carboxylic acids is 1. The summed E-state index contributed by atoms with van der Waals surface area (Å²) in [7, 11) is -1.39. The van der Waals surface area contributed by atoms with Gasteiger partial charge in [-0.15, -0.1) is 5.54 Å². The van der Waals surface area contributed by atoms with Crippen LogP contribution in [-0.2, 0) is 10.4 Å². The second-order valence-corrected chi connectivity index (χ2v) is 11.4. The van der Waals surface area contributed by atoms with E-state index < -0.39 is 13.7 Å². The molecule has 1 fully saturated rings. The van der Waals surface area contributed by atoms with Crippen LogP contribution in [0.5, 0.6) is 0 Å². The van der Waals surface area contributed by atoms with E-state index in [-0.39, 0.29) is 5.78 Å². The third-order valence-electron chi connectivity index (χ3n) is 3.62. The SMILES string of the molecule is C[Si](C)(C)C#Cc1cccc(C2(O)CCC(=O)CC2)c1. The first-order valence-corrected chi connectivity index (χ1v) is 10.7. The maximum Gasteiger partial charge on any atom is 0.133 e. The Labute approximate surface area is 122 Å². The minimum Gasteiger partial charge on any atom is -0.385 e. The summed E-state index contributed by atoms with van der Waals surface area (Å²) in [5.74, 6) is 3.48. The Balaban J connectivity index is 2.25. The lowest BCUT2D eigenvalue weighted by Gasteiger charge is -2.32. The highest BCUT2D eigenvalue weighted by molar-refractivity contribution is 6.83. The van der Waals surface area contributed by atoms with Crippen LogP contribution in [0.15, 0.2) is 24.3 Å². The van der Waals surface area contributed by atoms with Crippen LogP contribution in [0.3, 0.4) is 0 Å². The lowest BCUT2D eigenvalue weighted by atomic mass is 9.79. The van der Waals surface area contributed by atoms with Gasteiger partial charge in [0, 0.05) is 18.4 Å². The summed E-state index contributed by atoms with van der Waals surface area (Å²) in [4.78, 5) is 11.3. The zero-order chi connectivity index (χ0) is 14.8. The molecule has 1 aliphatic carbocycles. The summed E-state index contributed by atoms with van der Waals surface area (Å²) in [6, 6.07) is 7.84. The average molecular weight is 286 g/mol. The number of aliphatic hydroxyl groups is 1. The van der Waals surface area contributed by atoms with Gasteiger partial charge < -0.3 is 5.11 Å². The van der Waals surface area contributed by atoms with Crippen molar-refractivity contribution in [2.45, 2.75) is 50.9 Å². The molecule has 0 heterocycles. The van der Waals surface area contributed by atoms with E-state index in [2.05, 4.69) is 31.1 Å². The molecule has 1 aliphatic rings. The quantitative estimate of drug-likeness (QED) is 0.635. The number of ketones is 1. The molecule has 2 nitrogen and oxygen atoms in total. The topological polar surface area (TPSA) is 37.3 Å². The monoisotopic (exact) mass is 286 g/mol. The Morgan fingerprint density at radius 3 is 2.45 bits per heavy atom. The van der Waals surface area contributed by atoms with E-state index in [0.717, 1.165) is 11.1 Å². The maximum absolute atomic E-state index is 11.3. The fourth-order valence-electron chi connectivity index (χ4n) is 2.38. The van der Waals surface area contributed by atoms with Crippen molar-refractivity contribution in [2.75, 3.05) is 0 Å². The van der Waals surface area contributed by atoms with Gasteiger partial charge in [0.25, 0.3) is 0 Å². The fraction of sp³-hybridized carbons (Fsp3) is 0.471. The van der Waals surface area contributed by atoms with Gasteiger partial charge in [0.05, 0.1) is 5.60 Å². The van der Waals surface area contributed by atoms with Crippen LogP contribution in [0.25, 0.3) is 0 Å². The van der Waals surface area contributed by atoms with Gasteiger partial charge in [-0.2, -0.15) is 0 Å². The van der Waals surface area contributed by atoms with Crippen LogP contribution < -0.4 is 0 Å². The Bertz CT molecular complexity index is 563. The average Bonchev–Trinajstić information content (AvgIpc) is 2.40. The van der Waals surface area contributed by atoms with E-state index >= 15 is 0 Å². The third kappa shape index (κ3) is 3.81. The molecule has 0 atom stereocenters. The summed E-state index contributed by atoms with van der Waals surface area (Å²) >= 11 is 0. The highest BCUT2D eigenvalue weighted by Crippen LogP contribution is 2.35. The lowest BCUT2D eigenvalue weighted by molar-refractivity contribution is -0.125. The van der Waals surface area contributed by atoms with Crippen molar-refractivity contribution in [3.8, 4) is 11.5 Å². The molecular weight excluding hydrogens is 264 g/mol. The molecule has 20 heavy (non-hydrogen) atoms. The van der Waals surface area contributed by atoms with E-state index in [1.807, 2.05) is 24.3 Å². The Morgan fingerprint density at radius 2 is 1.85 bits per heavy atom. The van der Waals surface area contributed by atoms with Gasteiger partial charge in [0.1, 0.15) is 13.9 Å². The van der Waals surface area contributed by atoms with Gasteiger partial charge in [-0.3, -0.25) is 4.79 Å². The lowest BCUT2D eigenvalue weighted by Crippen LogP contribution is -2.31. The van der Waals surface area contributed by atoms with E-state index in [1.54, 1.807) is 0 Å². The van der Waals surface area contributed by atoms with Gasteiger partial charge in [-0.05, 0) is 30.5 Å². The molecule has 0 bridgehead atoms. The zero-order valence-electron chi connectivity index (χ0n) is 12.5. The fourth-order valence-corrected chi connectivity index (χ4v) is 2.90. The molecule has 1 aromatic rings. The highest BCUT2D eigenvalue weighted by Gasteiger charge is 2.34. The van der Waals surface area contributed by atoms with Gasteiger partial charge in [0.2, 0.25) is 0 Å². The van der Waals surface area contributed by atoms with Crippen LogP contribution in [-0.4, -0.2) is 19.0 Å². The standard InChI is InChI=1S/C17H22O2Si/c1-20(2,3)12-9-14-5-4-6-15(13-14)17(19)10-7-16(18)8-11-17/h4-6,13,19H,7-8,10-11H2,1-3H3. The smallest absolute Gasteiger partial charge is 0.133 e. The number of carbonyl (C=O) groups is 1. The number of hydrogen-bond acceptors (Lipinski definition) is 2. The molecule has 0 saturated heterocycles. The van der Waals surface area contributed by atoms with Crippen molar-refractivity contribution in [1.29, 1.82) is 0 Å². The number of benzene rings is 1. The number of Topliss-reactive ketones (excluding diaryl/α,β-unsaturated/α-hetero) is 1. The van der Waals surface area contributed by atoms with E-state index in [0.29, 0.717) is 25.7 Å². The molecular formula is C17H22O2Si. The molecule has 0 amide bonds. The predicted molar refractivity (Wildman–Crippen MR) is 84.0 cm³/mol. The summed E-state index contributed by atoms with van der Waals surface area (Å²) in [5.41, 5.74) is 4.33. The molecule has 0 spiro atoms. The first kappa shape index (κ1) is 15.0. The third-order valence-corrected chi connectivity index (χ3v) is 4.49. The van der Waals surface area contributed by atoms with Crippen LogP contribution in [0.4, 0.5) is 0 Å². The van der Waals surface area contributed by atoms with E-state index in [4.69, 9.17) is 0 Å². The first-order chi connectivity index (χ1) is 9.28. The molecule has 0 radical (unpaired) electrons. The number of hydrogen-bond donors (Lipinski definition) is 1. The second kappa shape index (κ2) is 5.55. The maximum atomic E-state index is 11.3. The highest BCUT2D eigenvalue weighted by atomic mass is 28.3. The molecule has 0 aliphatic heterocycles. The van der Waals surface area contributed by atoms with Crippen molar-refractivity contribution >= 4 is 13.9 Å². The molecule has 1 N–H and O–H groups in total. The minimum atomic E-state index is -1.39. The van der Waals surface area contributed by atoms with E-state index in [9.17, 15) is 9.90 Å². The van der Waals surface area contributed by atoms with Crippen LogP contribution >= 0.6 is 0 Å². The van der Waals surface area contributed by atoms with Gasteiger partial charge >= 0.3 is 0 Å². The van der Waals surface area contributed by atoms with Crippen molar-refractivity contribution in [3.05, 3.63) is 35.4 Å². The summed E-state index contributed by atoms with van der Waals surface area (Å²) in [6.07, 6.45) is 2.00.